The van der Waals surface area contributed by atoms with Gasteiger partial charge in [0, 0.05) is 37.2 Å². The number of fused-ring (bicyclic) bond motifs is 8. The Kier molecular flexibility index (Phi) is 6.75. The smallest absolute Gasteiger partial charge is 0.0468 e. The zero-order chi connectivity index (χ0) is 33.0. The fraction of sp³-hybridized carbons (Fsp3) is 0. The standard InChI is InChI=1S/C48H31NS/c1-2-9-32(10-3-1)33-21-25-38(26-22-33)49(40-29-30-43-37(31-40)20-19-36-18-17-34-11-4-5-12-41(34)47(36)43)39-27-23-35(24-28-39)42-14-8-16-46-48(42)44-13-6-7-15-45(44)50-46/h1-31H. The van der Waals surface area contributed by atoms with Crippen LogP contribution < -0.4 is 4.90 Å². The topological polar surface area (TPSA) is 3.24 Å². The summed E-state index contributed by atoms with van der Waals surface area (Å²) >= 11 is 1.87. The Morgan fingerprint density at radius 2 is 0.900 bits per heavy atom. The van der Waals surface area contributed by atoms with Gasteiger partial charge in [0.25, 0.3) is 0 Å². The number of benzene rings is 9. The van der Waals surface area contributed by atoms with E-state index in [9.17, 15) is 0 Å². The summed E-state index contributed by atoms with van der Waals surface area (Å²) in [5, 5.41) is 10.3. The van der Waals surface area contributed by atoms with E-state index in [0.29, 0.717) is 0 Å². The lowest BCUT2D eigenvalue weighted by atomic mass is 9.96. The van der Waals surface area contributed by atoms with Crippen molar-refractivity contribution in [3.05, 3.63) is 188 Å². The molecule has 50 heavy (non-hydrogen) atoms. The molecule has 1 heterocycles. The molecule has 0 fully saturated rings. The van der Waals surface area contributed by atoms with Crippen molar-refractivity contribution in [3.63, 3.8) is 0 Å². The van der Waals surface area contributed by atoms with Crippen molar-refractivity contribution in [2.24, 2.45) is 0 Å². The van der Waals surface area contributed by atoms with Gasteiger partial charge in [-0.3, -0.25) is 0 Å². The van der Waals surface area contributed by atoms with Gasteiger partial charge in [-0.15, -0.1) is 11.3 Å². The number of hydrogen-bond acceptors (Lipinski definition) is 2. The molecule has 10 aromatic rings. The molecule has 0 aliphatic rings. The first-order valence-electron chi connectivity index (χ1n) is 17.1. The van der Waals surface area contributed by atoms with E-state index >= 15 is 0 Å². The average Bonchev–Trinajstić information content (AvgIpc) is 3.58. The summed E-state index contributed by atoms with van der Waals surface area (Å²) in [5.41, 5.74) is 8.29. The highest BCUT2D eigenvalue weighted by Crippen LogP contribution is 2.43. The highest BCUT2D eigenvalue weighted by atomic mass is 32.1. The third-order valence-electron chi connectivity index (χ3n) is 10.0. The maximum atomic E-state index is 2.38. The van der Waals surface area contributed by atoms with Crippen LogP contribution in [0.5, 0.6) is 0 Å². The fourth-order valence-corrected chi connectivity index (χ4v) is 8.78. The lowest BCUT2D eigenvalue weighted by Gasteiger charge is -2.26. The summed E-state index contributed by atoms with van der Waals surface area (Å²) in [7, 11) is 0. The van der Waals surface area contributed by atoms with E-state index < -0.39 is 0 Å². The van der Waals surface area contributed by atoms with Crippen LogP contribution in [0.15, 0.2) is 188 Å². The highest BCUT2D eigenvalue weighted by Gasteiger charge is 2.16. The molecule has 1 nitrogen and oxygen atoms in total. The molecule has 0 unspecified atom stereocenters. The van der Waals surface area contributed by atoms with Crippen molar-refractivity contribution in [2.75, 3.05) is 4.90 Å². The monoisotopic (exact) mass is 653 g/mol. The summed E-state index contributed by atoms with van der Waals surface area (Å²) < 4.78 is 2.65. The fourth-order valence-electron chi connectivity index (χ4n) is 7.65. The van der Waals surface area contributed by atoms with Gasteiger partial charge in [-0.1, -0.05) is 140 Å². The molecular formula is C48H31NS. The molecule has 0 N–H and O–H groups in total. The Morgan fingerprint density at radius 1 is 0.320 bits per heavy atom. The molecular weight excluding hydrogens is 623 g/mol. The summed E-state index contributed by atoms with van der Waals surface area (Å²) in [5.74, 6) is 0. The van der Waals surface area contributed by atoms with Crippen molar-refractivity contribution >= 4 is 80.9 Å². The molecule has 0 saturated carbocycles. The van der Waals surface area contributed by atoms with E-state index in [1.54, 1.807) is 0 Å². The van der Waals surface area contributed by atoms with Gasteiger partial charge in [-0.2, -0.15) is 0 Å². The maximum absolute atomic E-state index is 2.38. The molecule has 0 atom stereocenters. The first-order chi connectivity index (χ1) is 24.8. The van der Waals surface area contributed by atoms with E-state index in [2.05, 4.69) is 193 Å². The Labute approximate surface area is 294 Å². The highest BCUT2D eigenvalue weighted by molar-refractivity contribution is 7.25. The molecule has 2 heteroatoms. The summed E-state index contributed by atoms with van der Waals surface area (Å²) in [6, 6.07) is 68.7. The van der Waals surface area contributed by atoms with Crippen molar-refractivity contribution in [1.29, 1.82) is 0 Å². The molecule has 0 aliphatic carbocycles. The van der Waals surface area contributed by atoms with Crippen LogP contribution in [0.1, 0.15) is 0 Å². The van der Waals surface area contributed by atoms with Gasteiger partial charge in [0.2, 0.25) is 0 Å². The number of hydrogen-bond donors (Lipinski definition) is 0. The lowest BCUT2D eigenvalue weighted by Crippen LogP contribution is -2.09. The van der Waals surface area contributed by atoms with Gasteiger partial charge in [0.15, 0.2) is 0 Å². The molecule has 0 bridgehead atoms. The van der Waals surface area contributed by atoms with Crippen molar-refractivity contribution in [1.82, 2.24) is 0 Å². The molecule has 234 valence electrons. The molecule has 0 amide bonds. The zero-order valence-corrected chi connectivity index (χ0v) is 28.1. The minimum absolute atomic E-state index is 1.12. The summed E-state index contributed by atoms with van der Waals surface area (Å²) in [6.45, 7) is 0. The van der Waals surface area contributed by atoms with Gasteiger partial charge in [0.1, 0.15) is 0 Å². The minimum Gasteiger partial charge on any atom is -0.310 e. The Bertz CT molecular complexity index is 2850. The summed E-state index contributed by atoms with van der Waals surface area (Å²) in [6.07, 6.45) is 0. The van der Waals surface area contributed by atoms with Gasteiger partial charge in [-0.25, -0.2) is 0 Å². The number of thiophene rings is 1. The van der Waals surface area contributed by atoms with Crippen LogP contribution in [0.3, 0.4) is 0 Å². The van der Waals surface area contributed by atoms with Crippen LogP contribution in [0.4, 0.5) is 17.1 Å². The van der Waals surface area contributed by atoms with Crippen LogP contribution in [0, 0.1) is 0 Å². The van der Waals surface area contributed by atoms with E-state index in [1.807, 2.05) is 11.3 Å². The minimum atomic E-state index is 1.12. The van der Waals surface area contributed by atoms with Gasteiger partial charge in [-0.05, 0) is 103 Å². The second-order valence-electron chi connectivity index (χ2n) is 12.9. The van der Waals surface area contributed by atoms with Crippen molar-refractivity contribution < 1.29 is 0 Å². The van der Waals surface area contributed by atoms with Crippen molar-refractivity contribution in [2.45, 2.75) is 0 Å². The molecule has 0 saturated heterocycles. The third kappa shape index (κ3) is 4.76. The molecule has 1 aromatic heterocycles. The average molecular weight is 654 g/mol. The summed E-state index contributed by atoms with van der Waals surface area (Å²) in [4.78, 5) is 2.38. The quantitative estimate of drug-likeness (QED) is 0.167. The van der Waals surface area contributed by atoms with Crippen molar-refractivity contribution in [3.8, 4) is 22.3 Å². The number of anilines is 3. The second kappa shape index (κ2) is 11.7. The largest absolute Gasteiger partial charge is 0.310 e. The van der Waals surface area contributed by atoms with E-state index in [0.717, 1.165) is 17.1 Å². The zero-order valence-electron chi connectivity index (χ0n) is 27.3. The van der Waals surface area contributed by atoms with Crippen LogP contribution in [-0.2, 0) is 0 Å². The second-order valence-corrected chi connectivity index (χ2v) is 14.0. The predicted molar refractivity (Wildman–Crippen MR) is 217 cm³/mol. The Hall–Kier alpha value is -6.22. The number of rotatable bonds is 5. The first kappa shape index (κ1) is 28.8. The van der Waals surface area contributed by atoms with E-state index in [4.69, 9.17) is 0 Å². The molecule has 0 spiro atoms. The van der Waals surface area contributed by atoms with Crippen LogP contribution in [0.25, 0.3) is 74.7 Å². The van der Waals surface area contributed by atoms with Crippen LogP contribution >= 0.6 is 11.3 Å². The predicted octanol–water partition coefficient (Wildman–Crippen LogP) is 14.3. The molecule has 0 aliphatic heterocycles. The lowest BCUT2D eigenvalue weighted by molar-refractivity contribution is 1.29. The van der Waals surface area contributed by atoms with Gasteiger partial charge < -0.3 is 4.90 Å². The van der Waals surface area contributed by atoms with E-state index in [-0.39, 0.29) is 0 Å². The maximum Gasteiger partial charge on any atom is 0.0468 e. The Morgan fingerprint density at radius 3 is 1.70 bits per heavy atom. The third-order valence-corrected chi connectivity index (χ3v) is 11.2. The number of nitrogens with zero attached hydrogens (tertiary/aromatic N) is 1. The SMILES string of the molecule is c1ccc(-c2ccc(N(c3ccc(-c4cccc5sc6ccccc6c45)cc3)c3ccc4c(ccc5ccc6ccccc6c54)c3)cc2)cc1. The Balaban J connectivity index is 1.12. The van der Waals surface area contributed by atoms with Crippen LogP contribution in [-0.4, -0.2) is 0 Å². The van der Waals surface area contributed by atoms with Crippen LogP contribution in [0.2, 0.25) is 0 Å². The normalized spacial score (nSPS) is 11.6. The molecule has 9 aromatic carbocycles. The molecule has 10 rings (SSSR count). The van der Waals surface area contributed by atoms with Gasteiger partial charge in [0.05, 0.1) is 0 Å². The first-order valence-corrected chi connectivity index (χ1v) is 17.9. The van der Waals surface area contributed by atoms with E-state index in [1.165, 1.54) is 74.7 Å². The molecule has 0 radical (unpaired) electrons. The van der Waals surface area contributed by atoms with Gasteiger partial charge >= 0.3 is 0 Å².